The molecular weight excluding hydrogens is 151 g/mol. The van der Waals surface area contributed by atoms with Gasteiger partial charge in [0.25, 0.3) is 0 Å². The maximum Gasteiger partial charge on any atom is 0.325 e. The van der Waals surface area contributed by atoms with E-state index in [1.54, 1.807) is 0 Å². The molecule has 10 heavy (non-hydrogen) atoms. The van der Waals surface area contributed by atoms with Crippen LogP contribution in [0.15, 0.2) is 0 Å². The molecule has 64 valence electrons. The van der Waals surface area contributed by atoms with Crippen LogP contribution in [-0.2, 0) is 4.57 Å². The van der Waals surface area contributed by atoms with E-state index in [4.69, 9.17) is 9.79 Å². The molecule has 0 spiro atoms. The van der Waals surface area contributed by atoms with Crippen LogP contribution in [0.25, 0.3) is 0 Å². The van der Waals surface area contributed by atoms with Gasteiger partial charge in [0.1, 0.15) is 0 Å². The summed E-state index contributed by atoms with van der Waals surface area (Å²) in [6.07, 6.45) is 2.59. The lowest BCUT2D eigenvalue weighted by atomic mass is 10.3. The van der Waals surface area contributed by atoms with Crippen LogP contribution in [0.5, 0.6) is 0 Å². The topological polar surface area (TPSA) is 57.5 Å². The molecule has 0 atom stereocenters. The predicted octanol–water partition coefficient (Wildman–Crippen LogP) is 1.99. The lowest BCUT2D eigenvalue weighted by Gasteiger charge is -2.00. The van der Waals surface area contributed by atoms with E-state index in [9.17, 15) is 4.57 Å². The molecule has 0 aromatic heterocycles. The minimum absolute atomic E-state index is 0. The molecule has 0 saturated carbocycles. The normalized spacial score (nSPS) is 10.7. The van der Waals surface area contributed by atoms with E-state index in [0.717, 1.165) is 12.8 Å². The van der Waals surface area contributed by atoms with Crippen LogP contribution in [0.2, 0.25) is 0 Å². The smallest absolute Gasteiger partial charge is 0.324 e. The van der Waals surface area contributed by atoms with Crippen molar-refractivity contribution in [2.45, 2.75) is 33.6 Å². The van der Waals surface area contributed by atoms with Gasteiger partial charge < -0.3 is 9.79 Å². The van der Waals surface area contributed by atoms with Crippen LogP contribution in [0, 0.1) is 0 Å². The summed E-state index contributed by atoms with van der Waals surface area (Å²) in [4.78, 5) is 16.7. The van der Waals surface area contributed by atoms with Gasteiger partial charge >= 0.3 is 7.60 Å². The van der Waals surface area contributed by atoms with Crippen LogP contribution in [0.1, 0.15) is 33.6 Å². The van der Waals surface area contributed by atoms with Gasteiger partial charge in [0.15, 0.2) is 0 Å². The molecule has 3 nitrogen and oxygen atoms in total. The molecule has 4 heteroatoms. The summed E-state index contributed by atoms with van der Waals surface area (Å²) in [7, 11) is -3.70. The average Bonchev–Trinajstić information content (AvgIpc) is 1.63. The van der Waals surface area contributed by atoms with Gasteiger partial charge in [-0.15, -0.1) is 0 Å². The molecule has 0 aliphatic heterocycles. The monoisotopic (exact) mass is 168 g/mol. The minimum Gasteiger partial charge on any atom is -0.324 e. The minimum atomic E-state index is -3.70. The zero-order valence-corrected chi connectivity index (χ0v) is 6.47. The molecule has 0 radical (unpaired) electrons. The Kier molecular flexibility index (Phi) is 7.55. The fourth-order valence-electron chi connectivity index (χ4n) is 0.568. The molecule has 2 N–H and O–H groups in total. The second-order valence-corrected chi connectivity index (χ2v) is 3.87. The summed E-state index contributed by atoms with van der Waals surface area (Å²) < 4.78 is 10.2. The highest BCUT2D eigenvalue weighted by atomic mass is 31.2. The average molecular weight is 168 g/mol. The van der Waals surface area contributed by atoms with Crippen LogP contribution >= 0.6 is 7.60 Å². The highest BCUT2D eigenvalue weighted by Crippen LogP contribution is 2.35. The zero-order chi connectivity index (χ0) is 7.33. The zero-order valence-electron chi connectivity index (χ0n) is 5.58. The number of hydrogen-bond acceptors (Lipinski definition) is 1. The van der Waals surface area contributed by atoms with Gasteiger partial charge in [-0.05, 0) is 6.42 Å². The molecule has 0 bridgehead atoms. The first kappa shape index (κ1) is 12.8. The van der Waals surface area contributed by atoms with Crippen LogP contribution in [-0.4, -0.2) is 15.9 Å². The van der Waals surface area contributed by atoms with Crippen molar-refractivity contribution in [2.75, 3.05) is 6.16 Å². The van der Waals surface area contributed by atoms with E-state index in [1.165, 1.54) is 0 Å². The second kappa shape index (κ2) is 5.90. The maximum absolute atomic E-state index is 10.2. The number of rotatable bonds is 4. The van der Waals surface area contributed by atoms with Gasteiger partial charge in [-0.2, -0.15) is 0 Å². The Labute approximate surface area is 62.6 Å². The van der Waals surface area contributed by atoms with Crippen molar-refractivity contribution in [1.29, 1.82) is 0 Å². The lowest BCUT2D eigenvalue weighted by molar-refractivity contribution is 0.371. The van der Waals surface area contributed by atoms with Gasteiger partial charge in [0, 0.05) is 6.16 Å². The van der Waals surface area contributed by atoms with Crippen molar-refractivity contribution in [2.24, 2.45) is 0 Å². The van der Waals surface area contributed by atoms with Crippen molar-refractivity contribution in [3.8, 4) is 0 Å². The predicted molar refractivity (Wildman–Crippen MR) is 43.2 cm³/mol. The summed E-state index contributed by atoms with van der Waals surface area (Å²) >= 11 is 0. The van der Waals surface area contributed by atoms with E-state index in [1.807, 2.05) is 6.92 Å². The SMILES string of the molecule is C.CCCCCP(=O)(O)O. The molecule has 0 amide bonds. The van der Waals surface area contributed by atoms with Crippen LogP contribution < -0.4 is 0 Å². The van der Waals surface area contributed by atoms with Crippen molar-refractivity contribution in [3.63, 3.8) is 0 Å². The molecule has 0 aliphatic carbocycles. The fraction of sp³-hybridized carbons (Fsp3) is 1.00. The summed E-state index contributed by atoms with van der Waals surface area (Å²) in [5.41, 5.74) is 0. The molecule has 0 rings (SSSR count). The van der Waals surface area contributed by atoms with Crippen LogP contribution in [0.3, 0.4) is 0 Å². The Morgan fingerprint density at radius 1 is 1.30 bits per heavy atom. The van der Waals surface area contributed by atoms with Gasteiger partial charge in [0.05, 0.1) is 0 Å². The maximum atomic E-state index is 10.2. The van der Waals surface area contributed by atoms with E-state index < -0.39 is 7.60 Å². The standard InChI is InChI=1S/C5H13O3P.CH4/c1-2-3-4-5-9(6,7)8;/h2-5H2,1H3,(H2,6,7,8);1H4. The Balaban J connectivity index is 0. The van der Waals surface area contributed by atoms with E-state index in [0.29, 0.717) is 6.42 Å². The number of unbranched alkanes of at least 4 members (excludes halogenated alkanes) is 2. The van der Waals surface area contributed by atoms with Crippen molar-refractivity contribution in [1.82, 2.24) is 0 Å². The molecule has 0 heterocycles. The van der Waals surface area contributed by atoms with Gasteiger partial charge in [-0.3, -0.25) is 4.57 Å². The first-order valence-electron chi connectivity index (χ1n) is 3.11. The molecule has 0 aliphatic rings. The van der Waals surface area contributed by atoms with E-state index in [-0.39, 0.29) is 13.6 Å². The lowest BCUT2D eigenvalue weighted by Crippen LogP contribution is -1.86. The second-order valence-electron chi connectivity index (χ2n) is 2.10. The highest BCUT2D eigenvalue weighted by molar-refractivity contribution is 7.51. The quantitative estimate of drug-likeness (QED) is 0.498. The summed E-state index contributed by atoms with van der Waals surface area (Å²) in [6, 6.07) is 0. The first-order chi connectivity index (χ1) is 4.06. The Bertz CT molecular complexity index is 108. The van der Waals surface area contributed by atoms with Crippen molar-refractivity contribution in [3.05, 3.63) is 0 Å². The molecule has 0 aromatic rings. The first-order valence-corrected chi connectivity index (χ1v) is 4.90. The van der Waals surface area contributed by atoms with Gasteiger partial charge in [-0.25, -0.2) is 0 Å². The third-order valence-electron chi connectivity index (χ3n) is 1.05. The third kappa shape index (κ3) is 11.0. The molecule has 0 saturated heterocycles. The van der Waals surface area contributed by atoms with Crippen LogP contribution in [0.4, 0.5) is 0 Å². The third-order valence-corrected chi connectivity index (χ3v) is 1.95. The molecule has 0 unspecified atom stereocenters. The fourth-order valence-corrected chi connectivity index (χ4v) is 1.20. The van der Waals surface area contributed by atoms with Gasteiger partial charge in [-0.1, -0.05) is 27.2 Å². The Morgan fingerprint density at radius 3 is 2.10 bits per heavy atom. The summed E-state index contributed by atoms with van der Waals surface area (Å²) in [5.74, 6) is 0. The summed E-state index contributed by atoms with van der Waals surface area (Å²) in [5, 5.41) is 0. The molecular formula is C6H17O3P. The van der Waals surface area contributed by atoms with Crippen molar-refractivity contribution >= 4 is 7.60 Å². The van der Waals surface area contributed by atoms with Crippen molar-refractivity contribution < 1.29 is 14.4 Å². The molecule has 0 aromatic carbocycles. The summed E-state index contributed by atoms with van der Waals surface area (Å²) in [6.45, 7) is 2.00. The highest BCUT2D eigenvalue weighted by Gasteiger charge is 2.10. The largest absolute Gasteiger partial charge is 0.325 e. The van der Waals surface area contributed by atoms with E-state index in [2.05, 4.69) is 0 Å². The Hall–Kier alpha value is 0.150. The Morgan fingerprint density at radius 2 is 1.80 bits per heavy atom. The number of hydrogen-bond donors (Lipinski definition) is 2. The van der Waals surface area contributed by atoms with E-state index >= 15 is 0 Å². The van der Waals surface area contributed by atoms with Gasteiger partial charge in [0.2, 0.25) is 0 Å². The molecule has 0 fully saturated rings.